The van der Waals surface area contributed by atoms with E-state index < -0.39 is 5.97 Å². The Morgan fingerprint density at radius 3 is 2.62 bits per heavy atom. The van der Waals surface area contributed by atoms with Gasteiger partial charge in [0.25, 0.3) is 0 Å². The van der Waals surface area contributed by atoms with Crippen LogP contribution in [0.4, 0.5) is 0 Å². The van der Waals surface area contributed by atoms with Crippen molar-refractivity contribution in [3.8, 4) is 5.75 Å². The van der Waals surface area contributed by atoms with E-state index in [0.717, 1.165) is 24.9 Å². The second kappa shape index (κ2) is 8.54. The Balaban J connectivity index is 1.63. The van der Waals surface area contributed by atoms with Gasteiger partial charge in [0.2, 0.25) is 5.91 Å². The van der Waals surface area contributed by atoms with Gasteiger partial charge in [-0.2, -0.15) is 0 Å². The Morgan fingerprint density at radius 1 is 1.15 bits per heavy atom. The lowest BCUT2D eigenvalue weighted by Crippen LogP contribution is -2.46. The van der Waals surface area contributed by atoms with E-state index in [4.69, 9.17) is 9.47 Å². The highest BCUT2D eigenvalue weighted by Gasteiger charge is 2.36. The number of hydrogen-bond donors (Lipinski definition) is 1. The Bertz CT molecular complexity index is 655. The van der Waals surface area contributed by atoms with E-state index in [1.165, 1.54) is 39.9 Å². The average molecular weight is 360 g/mol. The summed E-state index contributed by atoms with van der Waals surface area (Å²) in [7, 11) is 2.86. The third kappa shape index (κ3) is 4.01. The zero-order valence-electron chi connectivity index (χ0n) is 15.6. The number of carbonyl (C=O) groups is 2. The van der Waals surface area contributed by atoms with E-state index in [1.807, 2.05) is 6.07 Å². The lowest BCUT2D eigenvalue weighted by molar-refractivity contribution is -0.126. The van der Waals surface area contributed by atoms with Crippen LogP contribution in [0.15, 0.2) is 18.2 Å². The van der Waals surface area contributed by atoms with Crippen molar-refractivity contribution in [3.63, 3.8) is 0 Å². The maximum absolute atomic E-state index is 12.7. The standard InChI is InChI=1S/C20H28N2O4/c1-25-18-10-9-14(12-16(18)20(24)26-2)13-21-19(23)17-8-5-11-22(17)15-6-3-4-7-15/h9-10,12,15,17H,3-8,11,13H2,1-2H3,(H,21,23)/t17-/m1/s1. The summed E-state index contributed by atoms with van der Waals surface area (Å²) in [5.74, 6) is 0.109. The molecule has 142 valence electrons. The maximum atomic E-state index is 12.7. The van der Waals surface area contributed by atoms with Gasteiger partial charge in [-0.05, 0) is 49.9 Å². The third-order valence-corrected chi connectivity index (χ3v) is 5.53. The van der Waals surface area contributed by atoms with Crippen LogP contribution < -0.4 is 10.1 Å². The third-order valence-electron chi connectivity index (χ3n) is 5.53. The summed E-state index contributed by atoms with van der Waals surface area (Å²) in [5.41, 5.74) is 1.22. The molecular weight excluding hydrogens is 332 g/mol. The van der Waals surface area contributed by atoms with Crippen LogP contribution in [-0.4, -0.2) is 49.6 Å². The molecule has 0 spiro atoms. The molecule has 1 atom stereocenters. The van der Waals surface area contributed by atoms with Crippen molar-refractivity contribution in [2.45, 2.75) is 57.2 Å². The van der Waals surface area contributed by atoms with Gasteiger partial charge in [0.1, 0.15) is 11.3 Å². The molecule has 1 aliphatic carbocycles. The molecule has 2 aliphatic rings. The molecule has 1 aliphatic heterocycles. The predicted molar refractivity (Wildman–Crippen MR) is 98.2 cm³/mol. The molecule has 0 unspecified atom stereocenters. The van der Waals surface area contributed by atoms with Gasteiger partial charge in [-0.15, -0.1) is 0 Å². The van der Waals surface area contributed by atoms with Crippen LogP contribution in [0.1, 0.15) is 54.4 Å². The average Bonchev–Trinajstić information content (AvgIpc) is 3.36. The number of benzene rings is 1. The molecule has 1 amide bonds. The van der Waals surface area contributed by atoms with Gasteiger partial charge in [-0.3, -0.25) is 9.69 Å². The molecule has 0 bridgehead atoms. The highest BCUT2D eigenvalue weighted by Crippen LogP contribution is 2.30. The molecular formula is C20H28N2O4. The Morgan fingerprint density at radius 2 is 1.92 bits per heavy atom. The van der Waals surface area contributed by atoms with E-state index in [9.17, 15) is 9.59 Å². The number of hydrogen-bond acceptors (Lipinski definition) is 5. The number of carbonyl (C=O) groups excluding carboxylic acids is 2. The summed E-state index contributed by atoms with van der Waals surface area (Å²) in [6, 6.07) is 5.86. The minimum absolute atomic E-state index is 0.0172. The molecule has 6 heteroatoms. The highest BCUT2D eigenvalue weighted by atomic mass is 16.5. The first kappa shape index (κ1) is 18.7. The Hall–Kier alpha value is -2.08. The summed E-state index contributed by atoms with van der Waals surface area (Å²) in [4.78, 5) is 27.0. The smallest absolute Gasteiger partial charge is 0.341 e. The van der Waals surface area contributed by atoms with E-state index in [-0.39, 0.29) is 11.9 Å². The van der Waals surface area contributed by atoms with Crippen LogP contribution in [0.2, 0.25) is 0 Å². The van der Waals surface area contributed by atoms with E-state index in [1.54, 1.807) is 12.1 Å². The molecule has 1 aromatic carbocycles. The van der Waals surface area contributed by atoms with Crippen molar-refractivity contribution in [2.75, 3.05) is 20.8 Å². The molecule has 0 aromatic heterocycles. The van der Waals surface area contributed by atoms with Crippen molar-refractivity contribution >= 4 is 11.9 Å². The van der Waals surface area contributed by atoms with Gasteiger partial charge in [0, 0.05) is 12.6 Å². The molecule has 1 heterocycles. The normalized spacial score (nSPS) is 20.9. The van der Waals surface area contributed by atoms with Gasteiger partial charge in [0.05, 0.1) is 20.3 Å². The summed E-state index contributed by atoms with van der Waals surface area (Å²) in [6.45, 7) is 1.42. The maximum Gasteiger partial charge on any atom is 0.341 e. The van der Waals surface area contributed by atoms with E-state index >= 15 is 0 Å². The van der Waals surface area contributed by atoms with Crippen molar-refractivity contribution in [3.05, 3.63) is 29.3 Å². The van der Waals surface area contributed by atoms with Crippen LogP contribution in [0.3, 0.4) is 0 Å². The van der Waals surface area contributed by atoms with Crippen LogP contribution in [0.25, 0.3) is 0 Å². The minimum atomic E-state index is -0.446. The van der Waals surface area contributed by atoms with Crippen LogP contribution in [0, 0.1) is 0 Å². The fourth-order valence-electron chi connectivity index (χ4n) is 4.19. The summed E-state index contributed by atoms with van der Waals surface area (Å²) in [5, 5.41) is 3.04. The van der Waals surface area contributed by atoms with Crippen molar-refractivity contribution in [1.82, 2.24) is 10.2 Å². The largest absolute Gasteiger partial charge is 0.496 e. The number of rotatable bonds is 6. The fourth-order valence-corrected chi connectivity index (χ4v) is 4.19. The number of methoxy groups -OCH3 is 2. The minimum Gasteiger partial charge on any atom is -0.496 e. The van der Waals surface area contributed by atoms with Gasteiger partial charge in [-0.25, -0.2) is 4.79 Å². The zero-order chi connectivity index (χ0) is 18.5. The number of esters is 1. The van der Waals surface area contributed by atoms with Gasteiger partial charge >= 0.3 is 5.97 Å². The predicted octanol–water partition coefficient (Wildman–Crippen LogP) is 2.50. The second-order valence-electron chi connectivity index (χ2n) is 7.08. The Kier molecular flexibility index (Phi) is 6.14. The van der Waals surface area contributed by atoms with E-state index in [0.29, 0.717) is 23.9 Å². The highest BCUT2D eigenvalue weighted by molar-refractivity contribution is 5.92. The molecule has 26 heavy (non-hydrogen) atoms. The fraction of sp³-hybridized carbons (Fsp3) is 0.600. The summed E-state index contributed by atoms with van der Waals surface area (Å²) in [6.07, 6.45) is 6.99. The van der Waals surface area contributed by atoms with Crippen LogP contribution >= 0.6 is 0 Å². The molecule has 2 fully saturated rings. The van der Waals surface area contributed by atoms with Gasteiger partial charge < -0.3 is 14.8 Å². The SMILES string of the molecule is COC(=O)c1cc(CNC(=O)[C@H]2CCCN2C2CCCC2)ccc1OC. The first-order valence-corrected chi connectivity index (χ1v) is 9.42. The summed E-state index contributed by atoms with van der Waals surface area (Å²) >= 11 is 0. The first-order chi connectivity index (χ1) is 12.6. The zero-order valence-corrected chi connectivity index (χ0v) is 15.6. The lowest BCUT2D eigenvalue weighted by atomic mass is 10.1. The molecule has 0 radical (unpaired) electrons. The summed E-state index contributed by atoms with van der Waals surface area (Å²) < 4.78 is 10.0. The quantitative estimate of drug-likeness (QED) is 0.790. The number of nitrogens with one attached hydrogen (secondary N) is 1. The molecule has 1 N–H and O–H groups in total. The molecule has 3 rings (SSSR count). The molecule has 1 saturated heterocycles. The second-order valence-corrected chi connectivity index (χ2v) is 7.08. The molecule has 6 nitrogen and oxygen atoms in total. The van der Waals surface area contributed by atoms with Crippen molar-refractivity contribution in [1.29, 1.82) is 0 Å². The van der Waals surface area contributed by atoms with Gasteiger partial charge in [0.15, 0.2) is 0 Å². The topological polar surface area (TPSA) is 67.9 Å². The molecule has 1 saturated carbocycles. The van der Waals surface area contributed by atoms with Gasteiger partial charge in [-0.1, -0.05) is 18.9 Å². The number of amides is 1. The number of nitrogens with zero attached hydrogens (tertiary/aromatic N) is 1. The lowest BCUT2D eigenvalue weighted by Gasteiger charge is -2.29. The molecule has 1 aromatic rings. The van der Waals surface area contributed by atoms with Crippen molar-refractivity contribution in [2.24, 2.45) is 0 Å². The Labute approximate surface area is 154 Å². The van der Waals surface area contributed by atoms with E-state index in [2.05, 4.69) is 10.2 Å². The number of likely N-dealkylation sites (tertiary alicyclic amines) is 1. The van der Waals surface area contributed by atoms with Crippen LogP contribution in [0.5, 0.6) is 5.75 Å². The van der Waals surface area contributed by atoms with Crippen LogP contribution in [-0.2, 0) is 16.1 Å². The van der Waals surface area contributed by atoms with Crippen molar-refractivity contribution < 1.29 is 19.1 Å². The monoisotopic (exact) mass is 360 g/mol. The first-order valence-electron chi connectivity index (χ1n) is 9.42. The number of ether oxygens (including phenoxy) is 2.